The topological polar surface area (TPSA) is 62.7 Å². The number of halogens is 3. The second kappa shape index (κ2) is 7.94. The number of pyridine rings is 1. The summed E-state index contributed by atoms with van der Waals surface area (Å²) in [5, 5.41) is 5.81. The molecule has 5 nitrogen and oxygen atoms in total. The van der Waals surface area contributed by atoms with E-state index in [-0.39, 0.29) is 17.8 Å². The molecule has 8 heteroatoms. The van der Waals surface area contributed by atoms with E-state index in [0.29, 0.717) is 13.0 Å². The minimum Gasteiger partial charge on any atom is -0.370 e. The Labute approximate surface area is 138 Å². The Morgan fingerprint density at radius 2 is 1.88 bits per heavy atom. The van der Waals surface area contributed by atoms with E-state index in [0.717, 1.165) is 18.1 Å². The average Bonchev–Trinajstić information content (AvgIpc) is 2.55. The number of nitrogens with one attached hydrogen (secondary N) is 2. The molecule has 0 aliphatic rings. The molecule has 2 aromatic rings. The molecule has 0 amide bonds. The lowest BCUT2D eigenvalue weighted by molar-refractivity contribution is -0.141. The van der Waals surface area contributed by atoms with Gasteiger partial charge >= 0.3 is 6.18 Å². The van der Waals surface area contributed by atoms with Crippen LogP contribution in [0, 0.1) is 0 Å². The van der Waals surface area contributed by atoms with Crippen molar-refractivity contribution in [2.45, 2.75) is 38.9 Å². The van der Waals surface area contributed by atoms with Crippen molar-refractivity contribution in [3.05, 3.63) is 41.9 Å². The first-order valence-corrected chi connectivity index (χ1v) is 7.74. The van der Waals surface area contributed by atoms with Crippen molar-refractivity contribution in [1.29, 1.82) is 0 Å². The Hall–Kier alpha value is -2.38. The van der Waals surface area contributed by atoms with Crippen LogP contribution in [-0.2, 0) is 12.6 Å². The van der Waals surface area contributed by atoms with Crippen LogP contribution in [0.3, 0.4) is 0 Å². The summed E-state index contributed by atoms with van der Waals surface area (Å²) < 4.78 is 39.0. The molecular weight excluding hydrogens is 319 g/mol. The van der Waals surface area contributed by atoms with Crippen LogP contribution >= 0.6 is 0 Å². The second-order valence-corrected chi connectivity index (χ2v) is 5.45. The lowest BCUT2D eigenvalue weighted by atomic mass is 10.2. The van der Waals surface area contributed by atoms with Gasteiger partial charge in [0, 0.05) is 31.0 Å². The number of rotatable bonds is 7. The van der Waals surface area contributed by atoms with Crippen LogP contribution in [0.15, 0.2) is 30.6 Å². The van der Waals surface area contributed by atoms with Gasteiger partial charge in [-0.15, -0.1) is 0 Å². The van der Waals surface area contributed by atoms with Gasteiger partial charge < -0.3 is 10.6 Å². The SMILES string of the molecule is CC[C@@H](C)Nc1nc(NCCc2ccncc2)cc(C(F)(F)F)n1. The van der Waals surface area contributed by atoms with Crippen LogP contribution in [0.5, 0.6) is 0 Å². The molecule has 130 valence electrons. The maximum atomic E-state index is 13.0. The van der Waals surface area contributed by atoms with Gasteiger partial charge in [-0.25, -0.2) is 4.98 Å². The molecule has 0 aliphatic carbocycles. The highest BCUT2D eigenvalue weighted by Gasteiger charge is 2.33. The highest BCUT2D eigenvalue weighted by Crippen LogP contribution is 2.29. The molecule has 0 aromatic carbocycles. The van der Waals surface area contributed by atoms with Gasteiger partial charge in [-0.2, -0.15) is 18.2 Å². The standard InChI is InChI=1S/C16H20F3N5/c1-3-11(2)22-15-23-13(16(17,18)19)10-14(24-15)21-9-6-12-4-7-20-8-5-12/h4-5,7-8,10-11H,3,6,9H2,1-2H3,(H2,21,22,23,24)/t11-/m1/s1. The zero-order valence-corrected chi connectivity index (χ0v) is 13.6. The molecule has 2 rings (SSSR count). The van der Waals surface area contributed by atoms with Crippen molar-refractivity contribution < 1.29 is 13.2 Å². The first-order chi connectivity index (χ1) is 11.4. The van der Waals surface area contributed by atoms with E-state index in [4.69, 9.17) is 0 Å². The summed E-state index contributed by atoms with van der Waals surface area (Å²) in [5.41, 5.74) is 0.0790. The van der Waals surface area contributed by atoms with Crippen molar-refractivity contribution in [3.8, 4) is 0 Å². The third kappa shape index (κ3) is 5.36. The summed E-state index contributed by atoms with van der Waals surface area (Å²) in [6.45, 7) is 4.25. The molecule has 0 radical (unpaired) electrons. The largest absolute Gasteiger partial charge is 0.433 e. The first-order valence-electron chi connectivity index (χ1n) is 7.74. The van der Waals surface area contributed by atoms with Crippen molar-refractivity contribution in [2.24, 2.45) is 0 Å². The fourth-order valence-electron chi connectivity index (χ4n) is 1.95. The van der Waals surface area contributed by atoms with E-state index in [1.165, 1.54) is 0 Å². The Kier molecular flexibility index (Phi) is 5.94. The predicted molar refractivity (Wildman–Crippen MR) is 86.8 cm³/mol. The summed E-state index contributed by atoms with van der Waals surface area (Å²) in [6, 6.07) is 4.63. The van der Waals surface area contributed by atoms with Crippen molar-refractivity contribution in [2.75, 3.05) is 17.2 Å². The fourth-order valence-corrected chi connectivity index (χ4v) is 1.95. The molecule has 2 N–H and O–H groups in total. The second-order valence-electron chi connectivity index (χ2n) is 5.45. The van der Waals surface area contributed by atoms with Gasteiger partial charge in [-0.05, 0) is 37.5 Å². The van der Waals surface area contributed by atoms with Gasteiger partial charge in [0.1, 0.15) is 5.82 Å². The molecule has 2 heterocycles. The number of hydrogen-bond donors (Lipinski definition) is 2. The van der Waals surface area contributed by atoms with Crippen LogP contribution in [0.2, 0.25) is 0 Å². The van der Waals surface area contributed by atoms with E-state index in [9.17, 15) is 13.2 Å². The van der Waals surface area contributed by atoms with E-state index in [2.05, 4.69) is 25.6 Å². The molecule has 24 heavy (non-hydrogen) atoms. The maximum absolute atomic E-state index is 13.0. The Balaban J connectivity index is 2.10. The van der Waals surface area contributed by atoms with Crippen molar-refractivity contribution >= 4 is 11.8 Å². The highest BCUT2D eigenvalue weighted by atomic mass is 19.4. The Morgan fingerprint density at radius 1 is 1.17 bits per heavy atom. The molecule has 0 fully saturated rings. The van der Waals surface area contributed by atoms with Crippen LogP contribution in [0.1, 0.15) is 31.5 Å². The Bertz CT molecular complexity index is 646. The van der Waals surface area contributed by atoms with Crippen molar-refractivity contribution in [1.82, 2.24) is 15.0 Å². The zero-order chi connectivity index (χ0) is 17.6. The fraction of sp³-hybridized carbons (Fsp3) is 0.438. The first kappa shape index (κ1) is 18.0. The monoisotopic (exact) mass is 339 g/mol. The van der Waals surface area contributed by atoms with E-state index in [1.807, 2.05) is 26.0 Å². The summed E-state index contributed by atoms with van der Waals surface area (Å²) >= 11 is 0. The van der Waals surface area contributed by atoms with E-state index < -0.39 is 11.9 Å². The normalized spacial score (nSPS) is 12.7. The zero-order valence-electron chi connectivity index (χ0n) is 13.6. The number of anilines is 2. The quantitative estimate of drug-likeness (QED) is 0.804. The molecule has 0 saturated carbocycles. The summed E-state index contributed by atoms with van der Waals surface area (Å²) in [4.78, 5) is 11.6. The minimum atomic E-state index is -4.52. The van der Waals surface area contributed by atoms with E-state index >= 15 is 0 Å². The molecule has 2 aromatic heterocycles. The van der Waals surface area contributed by atoms with Gasteiger partial charge in [0.25, 0.3) is 0 Å². The average molecular weight is 339 g/mol. The molecule has 0 spiro atoms. The van der Waals surface area contributed by atoms with Gasteiger partial charge in [0.2, 0.25) is 5.95 Å². The smallest absolute Gasteiger partial charge is 0.370 e. The van der Waals surface area contributed by atoms with Gasteiger partial charge in [0.05, 0.1) is 0 Å². The predicted octanol–water partition coefficient (Wildman–Crippen LogP) is 3.76. The lowest BCUT2D eigenvalue weighted by Crippen LogP contribution is -2.19. The minimum absolute atomic E-state index is 0.0156. The molecule has 0 saturated heterocycles. The van der Waals surface area contributed by atoms with Crippen LogP contribution in [-0.4, -0.2) is 27.5 Å². The van der Waals surface area contributed by atoms with Crippen LogP contribution in [0.4, 0.5) is 24.9 Å². The third-order valence-corrected chi connectivity index (χ3v) is 3.47. The van der Waals surface area contributed by atoms with Gasteiger partial charge in [-0.3, -0.25) is 4.98 Å². The lowest BCUT2D eigenvalue weighted by Gasteiger charge is -2.15. The van der Waals surface area contributed by atoms with Crippen molar-refractivity contribution in [3.63, 3.8) is 0 Å². The number of nitrogens with zero attached hydrogens (tertiary/aromatic N) is 3. The molecule has 1 atom stereocenters. The molecular formula is C16H20F3N5. The summed E-state index contributed by atoms with van der Waals surface area (Å²) in [6.07, 6.45) is 0.245. The number of hydrogen-bond acceptors (Lipinski definition) is 5. The summed E-state index contributed by atoms with van der Waals surface area (Å²) in [7, 11) is 0. The highest BCUT2D eigenvalue weighted by molar-refractivity contribution is 5.43. The van der Waals surface area contributed by atoms with E-state index in [1.54, 1.807) is 12.4 Å². The summed E-state index contributed by atoms with van der Waals surface area (Å²) in [5.74, 6) is 0.128. The number of alkyl halides is 3. The number of aromatic nitrogens is 3. The van der Waals surface area contributed by atoms with Crippen LogP contribution < -0.4 is 10.6 Å². The maximum Gasteiger partial charge on any atom is 0.433 e. The molecule has 0 bridgehead atoms. The Morgan fingerprint density at radius 3 is 2.50 bits per heavy atom. The van der Waals surface area contributed by atoms with Crippen LogP contribution in [0.25, 0.3) is 0 Å². The van der Waals surface area contributed by atoms with Gasteiger partial charge in [0.15, 0.2) is 5.69 Å². The van der Waals surface area contributed by atoms with Gasteiger partial charge in [-0.1, -0.05) is 6.92 Å². The molecule has 0 aliphatic heterocycles. The third-order valence-electron chi connectivity index (χ3n) is 3.47. The molecule has 0 unspecified atom stereocenters.